The molecule has 0 atom stereocenters. The van der Waals surface area contributed by atoms with E-state index in [1.165, 1.54) is 6.21 Å². The third-order valence-corrected chi connectivity index (χ3v) is 5.56. The summed E-state index contributed by atoms with van der Waals surface area (Å²) in [7, 11) is 0. The number of amides is 2. The van der Waals surface area contributed by atoms with Gasteiger partial charge in [-0.1, -0.05) is 24.3 Å². The number of carbonyl (C=O) groups is 2. The van der Waals surface area contributed by atoms with E-state index in [9.17, 15) is 9.59 Å². The van der Waals surface area contributed by atoms with Gasteiger partial charge < -0.3 is 19.5 Å². The van der Waals surface area contributed by atoms with Crippen molar-refractivity contribution in [3.63, 3.8) is 0 Å². The minimum atomic E-state index is -0.404. The maximum absolute atomic E-state index is 12.5. The van der Waals surface area contributed by atoms with Gasteiger partial charge in [-0.05, 0) is 89.1 Å². The lowest BCUT2D eigenvalue weighted by molar-refractivity contribution is -0.118. The van der Waals surface area contributed by atoms with Crippen LogP contribution in [0.3, 0.4) is 0 Å². The second-order valence-electron chi connectivity index (χ2n) is 7.43. The van der Waals surface area contributed by atoms with Crippen molar-refractivity contribution >= 4 is 51.2 Å². The molecule has 0 radical (unpaired) electrons. The van der Waals surface area contributed by atoms with Gasteiger partial charge in [0.1, 0.15) is 12.4 Å². The molecule has 0 aromatic heterocycles. The Morgan fingerprint density at radius 2 is 1.76 bits per heavy atom. The van der Waals surface area contributed by atoms with Crippen LogP contribution in [0.2, 0.25) is 5.02 Å². The highest BCUT2D eigenvalue weighted by Gasteiger charge is 2.11. The molecule has 0 aliphatic carbocycles. The lowest BCUT2D eigenvalue weighted by Gasteiger charge is -2.12. The quantitative estimate of drug-likeness (QED) is 0.158. The maximum Gasteiger partial charge on any atom is 0.271 e. The molecule has 0 aliphatic heterocycles. The number of benzene rings is 3. The molecule has 0 bridgehead atoms. The van der Waals surface area contributed by atoms with Gasteiger partial charge in [0.15, 0.2) is 18.1 Å². The standard InChI is InChI=1S/C27H25BrClN3O5/c1-3-13-36-24-12-6-19(15-25(24)35-4-2)27(34)32-30-16-18-5-11-23(22(28)14-18)37-17-26(33)31-21-9-7-20(29)8-10-21/h3,5-12,14-16H,1,4,13,17H2,2H3,(H,31,33)(H,32,34)/b30-16+. The molecule has 3 rings (SSSR count). The Morgan fingerprint density at radius 3 is 2.46 bits per heavy atom. The van der Waals surface area contributed by atoms with E-state index in [1.54, 1.807) is 66.7 Å². The van der Waals surface area contributed by atoms with Crippen LogP contribution in [-0.2, 0) is 4.79 Å². The lowest BCUT2D eigenvalue weighted by Crippen LogP contribution is -2.20. The average Bonchev–Trinajstić information content (AvgIpc) is 2.89. The highest BCUT2D eigenvalue weighted by Crippen LogP contribution is 2.29. The summed E-state index contributed by atoms with van der Waals surface area (Å²) in [4.78, 5) is 24.7. The summed E-state index contributed by atoms with van der Waals surface area (Å²) in [5.41, 5.74) is 4.18. The topological polar surface area (TPSA) is 98.3 Å². The monoisotopic (exact) mass is 585 g/mol. The summed E-state index contributed by atoms with van der Waals surface area (Å²) in [5.74, 6) is 0.752. The van der Waals surface area contributed by atoms with Gasteiger partial charge in [0.25, 0.3) is 11.8 Å². The SMILES string of the molecule is C=CCOc1ccc(C(=O)N/N=C/c2ccc(OCC(=O)Nc3ccc(Cl)cc3)c(Br)c2)cc1OCC. The average molecular weight is 587 g/mol. The molecule has 2 N–H and O–H groups in total. The molecule has 8 nitrogen and oxygen atoms in total. The van der Waals surface area contributed by atoms with Gasteiger partial charge in [-0.25, -0.2) is 5.43 Å². The number of ether oxygens (including phenoxy) is 3. The minimum absolute atomic E-state index is 0.175. The van der Waals surface area contributed by atoms with Crippen LogP contribution < -0.4 is 25.0 Å². The number of rotatable bonds is 12. The number of nitrogens with zero attached hydrogens (tertiary/aromatic N) is 1. The number of carbonyl (C=O) groups excluding carboxylic acids is 2. The first kappa shape index (κ1) is 27.8. The van der Waals surface area contributed by atoms with E-state index in [4.69, 9.17) is 25.8 Å². The molecule has 0 heterocycles. The Kier molecular flexibility index (Phi) is 10.5. The third-order valence-electron chi connectivity index (χ3n) is 4.68. The van der Waals surface area contributed by atoms with Crippen LogP contribution in [0.1, 0.15) is 22.8 Å². The Hall–Kier alpha value is -3.82. The molecule has 192 valence electrons. The fourth-order valence-electron chi connectivity index (χ4n) is 3.00. The Bertz CT molecular complexity index is 1280. The second-order valence-corrected chi connectivity index (χ2v) is 8.72. The largest absolute Gasteiger partial charge is 0.490 e. The van der Waals surface area contributed by atoms with Crippen LogP contribution in [0.5, 0.6) is 17.2 Å². The number of halogens is 2. The Morgan fingerprint density at radius 1 is 1.00 bits per heavy atom. The predicted molar refractivity (Wildman–Crippen MR) is 148 cm³/mol. The lowest BCUT2D eigenvalue weighted by atomic mass is 10.2. The van der Waals surface area contributed by atoms with E-state index in [0.29, 0.717) is 56.8 Å². The van der Waals surface area contributed by atoms with Gasteiger partial charge in [0.05, 0.1) is 17.3 Å². The molecule has 0 saturated heterocycles. The summed E-state index contributed by atoms with van der Waals surface area (Å²) in [6.07, 6.45) is 3.12. The van der Waals surface area contributed by atoms with Gasteiger partial charge in [-0.15, -0.1) is 0 Å². The molecular formula is C27H25BrClN3O5. The molecule has 3 aromatic rings. The number of nitrogens with one attached hydrogen (secondary N) is 2. The Balaban J connectivity index is 1.54. The molecular weight excluding hydrogens is 562 g/mol. The molecule has 0 saturated carbocycles. The molecule has 10 heteroatoms. The third kappa shape index (κ3) is 8.66. The summed E-state index contributed by atoms with van der Waals surface area (Å²) in [5, 5.41) is 7.33. The van der Waals surface area contributed by atoms with E-state index < -0.39 is 5.91 Å². The Labute approximate surface area is 228 Å². The summed E-state index contributed by atoms with van der Waals surface area (Å²) >= 11 is 9.27. The number of anilines is 1. The van der Waals surface area contributed by atoms with Crippen molar-refractivity contribution < 1.29 is 23.8 Å². The fraction of sp³-hybridized carbons (Fsp3) is 0.148. The van der Waals surface area contributed by atoms with E-state index in [-0.39, 0.29) is 12.5 Å². The van der Waals surface area contributed by atoms with E-state index in [1.807, 2.05) is 6.92 Å². The van der Waals surface area contributed by atoms with Gasteiger partial charge >= 0.3 is 0 Å². The van der Waals surface area contributed by atoms with Crippen LogP contribution in [0, 0.1) is 0 Å². The highest BCUT2D eigenvalue weighted by atomic mass is 79.9. The van der Waals surface area contributed by atoms with Crippen molar-refractivity contribution in [1.29, 1.82) is 0 Å². The molecule has 0 fully saturated rings. The second kappa shape index (κ2) is 14.1. The fourth-order valence-corrected chi connectivity index (χ4v) is 3.64. The molecule has 2 amide bonds. The summed E-state index contributed by atoms with van der Waals surface area (Å²) < 4.78 is 17.3. The first-order chi connectivity index (χ1) is 17.9. The zero-order chi connectivity index (χ0) is 26.6. The summed E-state index contributed by atoms with van der Waals surface area (Å²) in [6.45, 7) is 6.05. The van der Waals surface area contributed by atoms with Crippen molar-refractivity contribution in [1.82, 2.24) is 5.43 Å². The number of hydrogen-bond donors (Lipinski definition) is 2. The molecule has 0 spiro atoms. The molecule has 37 heavy (non-hydrogen) atoms. The molecule has 3 aromatic carbocycles. The normalized spacial score (nSPS) is 10.6. The van der Waals surface area contributed by atoms with Crippen LogP contribution in [-0.4, -0.2) is 37.8 Å². The maximum atomic E-state index is 12.5. The van der Waals surface area contributed by atoms with Crippen LogP contribution in [0.25, 0.3) is 0 Å². The summed E-state index contributed by atoms with van der Waals surface area (Å²) in [6, 6.07) is 16.8. The smallest absolute Gasteiger partial charge is 0.271 e. The van der Waals surface area contributed by atoms with Crippen molar-refractivity contribution in [2.75, 3.05) is 25.1 Å². The van der Waals surface area contributed by atoms with Gasteiger partial charge in [-0.2, -0.15) is 5.10 Å². The number of hydrazone groups is 1. The van der Waals surface area contributed by atoms with Crippen molar-refractivity contribution in [2.24, 2.45) is 5.10 Å². The van der Waals surface area contributed by atoms with Gasteiger partial charge in [-0.3, -0.25) is 9.59 Å². The zero-order valence-corrected chi connectivity index (χ0v) is 22.3. The van der Waals surface area contributed by atoms with E-state index in [2.05, 4.69) is 38.4 Å². The zero-order valence-electron chi connectivity index (χ0n) is 20.0. The van der Waals surface area contributed by atoms with Gasteiger partial charge in [0.2, 0.25) is 0 Å². The highest BCUT2D eigenvalue weighted by molar-refractivity contribution is 9.10. The van der Waals surface area contributed by atoms with Crippen molar-refractivity contribution in [3.05, 3.63) is 93.9 Å². The van der Waals surface area contributed by atoms with E-state index >= 15 is 0 Å². The first-order valence-electron chi connectivity index (χ1n) is 11.2. The van der Waals surface area contributed by atoms with Crippen LogP contribution in [0.4, 0.5) is 5.69 Å². The van der Waals surface area contributed by atoms with Crippen molar-refractivity contribution in [3.8, 4) is 17.2 Å². The van der Waals surface area contributed by atoms with Crippen LogP contribution in [0.15, 0.2) is 82.9 Å². The first-order valence-corrected chi connectivity index (χ1v) is 12.4. The predicted octanol–water partition coefficient (Wildman–Crippen LogP) is 5.85. The molecule has 0 aliphatic rings. The van der Waals surface area contributed by atoms with Gasteiger partial charge in [0, 0.05) is 16.3 Å². The van der Waals surface area contributed by atoms with E-state index in [0.717, 1.165) is 0 Å². The van der Waals surface area contributed by atoms with Crippen LogP contribution >= 0.6 is 27.5 Å². The number of hydrogen-bond acceptors (Lipinski definition) is 6. The van der Waals surface area contributed by atoms with Crippen molar-refractivity contribution in [2.45, 2.75) is 6.92 Å². The molecule has 0 unspecified atom stereocenters. The minimum Gasteiger partial charge on any atom is -0.490 e.